The normalized spacial score (nSPS) is 14.5. The van der Waals surface area contributed by atoms with Crippen molar-refractivity contribution in [3.05, 3.63) is 37.9 Å². The van der Waals surface area contributed by atoms with Crippen LogP contribution in [0.3, 0.4) is 0 Å². The van der Waals surface area contributed by atoms with E-state index in [2.05, 4.69) is 10.2 Å². The van der Waals surface area contributed by atoms with E-state index in [0.29, 0.717) is 26.2 Å². The van der Waals surface area contributed by atoms with Gasteiger partial charge in [0.25, 0.3) is 21.7 Å². The highest BCUT2D eigenvalue weighted by molar-refractivity contribution is 7.85. The Bertz CT molecular complexity index is 1020. The molecule has 2 rings (SSSR count). The van der Waals surface area contributed by atoms with Gasteiger partial charge < -0.3 is 15.0 Å². The smallest absolute Gasteiger partial charge is 0.312 e. The summed E-state index contributed by atoms with van der Waals surface area (Å²) in [5, 5.41) is 26.1. The third kappa shape index (κ3) is 8.85. The average Bonchev–Trinajstić information content (AvgIpc) is 2.80. The van der Waals surface area contributed by atoms with Gasteiger partial charge in [0, 0.05) is 44.7 Å². The minimum Gasteiger partial charge on any atom is -0.379 e. The molecule has 0 spiro atoms. The van der Waals surface area contributed by atoms with Gasteiger partial charge in [0.2, 0.25) is 0 Å². The molecule has 1 aromatic carbocycles. The summed E-state index contributed by atoms with van der Waals surface area (Å²) >= 11 is 5.81. The summed E-state index contributed by atoms with van der Waals surface area (Å²) < 4.78 is 32.5. The first-order valence-corrected chi connectivity index (χ1v) is 13.1. The number of ether oxygens (including phenoxy) is 1. The molecule has 1 aliphatic heterocycles. The summed E-state index contributed by atoms with van der Waals surface area (Å²) in [4.78, 5) is 38.3. The lowest BCUT2D eigenvalue weighted by Gasteiger charge is -2.26. The van der Waals surface area contributed by atoms with Crippen molar-refractivity contribution in [1.82, 2.24) is 10.2 Å². The summed E-state index contributed by atoms with van der Waals surface area (Å²) in [6, 6.07) is 2.14. The molecule has 14 nitrogen and oxygen atoms in total. The van der Waals surface area contributed by atoms with Crippen molar-refractivity contribution in [2.24, 2.45) is 0 Å². The summed E-state index contributed by atoms with van der Waals surface area (Å²) in [6.07, 6.45) is 1.39. The predicted molar refractivity (Wildman–Crippen MR) is 128 cm³/mol. The van der Waals surface area contributed by atoms with Gasteiger partial charge in [-0.3, -0.25) is 34.1 Å². The van der Waals surface area contributed by atoms with E-state index in [9.17, 15) is 33.4 Å². The topological polar surface area (TPSA) is 174 Å². The number of halogens is 1. The third-order valence-corrected chi connectivity index (χ3v) is 5.90. The van der Waals surface area contributed by atoms with E-state index in [1.807, 2.05) is 0 Å². The van der Waals surface area contributed by atoms with Crippen LogP contribution >= 0.6 is 11.6 Å². The monoisotopic (exact) mass is 537 g/mol. The quantitative estimate of drug-likeness (QED) is 0.118. The SMILES string of the molecule is CS(=O)(=O)OCCN(CCCl)c1ccc([N+](=O)[O-])c(C(=O)NCCCN2CCOCC2)c1[N+](=O)[O-]. The number of morpholine rings is 1. The van der Waals surface area contributed by atoms with E-state index in [-0.39, 0.29) is 37.8 Å². The number of nitro groups is 2. The van der Waals surface area contributed by atoms with Gasteiger partial charge in [-0.2, -0.15) is 8.42 Å². The number of carbonyl (C=O) groups is 1. The van der Waals surface area contributed by atoms with E-state index in [1.165, 1.54) is 4.90 Å². The van der Waals surface area contributed by atoms with Crippen LogP contribution in [0, 0.1) is 20.2 Å². The van der Waals surface area contributed by atoms with Crippen molar-refractivity contribution in [2.45, 2.75) is 6.42 Å². The van der Waals surface area contributed by atoms with Crippen molar-refractivity contribution >= 4 is 44.7 Å². The molecule has 0 saturated carbocycles. The molecule has 0 bridgehead atoms. The number of anilines is 1. The Labute approximate surface area is 207 Å². The maximum Gasteiger partial charge on any atom is 0.312 e. The Balaban J connectivity index is 2.29. The van der Waals surface area contributed by atoms with Crippen LogP contribution in [0.25, 0.3) is 0 Å². The first kappa shape index (κ1) is 28.6. The second-order valence-electron chi connectivity index (χ2n) is 7.61. The Morgan fingerprint density at radius 1 is 1.23 bits per heavy atom. The molecule has 0 aliphatic carbocycles. The minimum absolute atomic E-state index is 0.0100. The van der Waals surface area contributed by atoms with E-state index < -0.39 is 42.8 Å². The molecule has 1 N–H and O–H groups in total. The second kappa shape index (κ2) is 13.5. The summed E-state index contributed by atoms with van der Waals surface area (Å²) in [6.45, 7) is 3.13. The van der Waals surface area contributed by atoms with Crippen LogP contribution in [0.5, 0.6) is 0 Å². The van der Waals surface area contributed by atoms with Crippen molar-refractivity contribution < 1.29 is 32.0 Å². The van der Waals surface area contributed by atoms with Gasteiger partial charge in [0.15, 0.2) is 5.56 Å². The molecular formula is C19H28ClN5O9S. The van der Waals surface area contributed by atoms with Crippen LogP contribution in [-0.2, 0) is 19.0 Å². The number of hydrogen-bond donors (Lipinski definition) is 1. The number of nitro benzene ring substituents is 2. The van der Waals surface area contributed by atoms with Crippen molar-refractivity contribution in [3.63, 3.8) is 0 Å². The molecule has 0 radical (unpaired) electrons. The van der Waals surface area contributed by atoms with Gasteiger partial charge in [0.05, 0.1) is 35.9 Å². The number of alkyl halides is 1. The van der Waals surface area contributed by atoms with Crippen LogP contribution in [-0.4, -0.2) is 100 Å². The highest BCUT2D eigenvalue weighted by Gasteiger charge is 2.35. The zero-order valence-electron chi connectivity index (χ0n) is 19.2. The third-order valence-electron chi connectivity index (χ3n) is 5.14. The van der Waals surface area contributed by atoms with Crippen LogP contribution < -0.4 is 10.2 Å². The molecule has 0 atom stereocenters. The zero-order chi connectivity index (χ0) is 26.0. The lowest BCUT2D eigenvalue weighted by Crippen LogP contribution is -2.38. The molecule has 0 aromatic heterocycles. The minimum atomic E-state index is -3.76. The highest BCUT2D eigenvalue weighted by atomic mass is 35.5. The largest absolute Gasteiger partial charge is 0.379 e. The number of carbonyl (C=O) groups excluding carboxylic acids is 1. The number of rotatable bonds is 14. The zero-order valence-corrected chi connectivity index (χ0v) is 20.8. The Kier molecular flexibility index (Phi) is 11.0. The molecule has 196 valence electrons. The summed E-state index contributed by atoms with van der Waals surface area (Å²) in [5.41, 5.74) is -2.29. The molecule has 16 heteroatoms. The van der Waals surface area contributed by atoms with E-state index in [0.717, 1.165) is 31.5 Å². The molecular weight excluding hydrogens is 510 g/mol. The molecule has 35 heavy (non-hydrogen) atoms. The highest BCUT2D eigenvalue weighted by Crippen LogP contribution is 2.37. The molecule has 1 aromatic rings. The van der Waals surface area contributed by atoms with Crippen molar-refractivity contribution in [3.8, 4) is 0 Å². The number of hydrogen-bond acceptors (Lipinski definition) is 11. The van der Waals surface area contributed by atoms with Crippen molar-refractivity contribution in [2.75, 3.05) is 76.1 Å². The fourth-order valence-electron chi connectivity index (χ4n) is 3.56. The molecule has 1 aliphatic rings. The first-order chi connectivity index (χ1) is 16.5. The molecule has 1 saturated heterocycles. The fourth-order valence-corrected chi connectivity index (χ4v) is 4.14. The van der Waals surface area contributed by atoms with Crippen LogP contribution in [0.4, 0.5) is 17.1 Å². The van der Waals surface area contributed by atoms with Gasteiger partial charge in [-0.25, -0.2) is 0 Å². The predicted octanol–water partition coefficient (Wildman–Crippen LogP) is 0.977. The Morgan fingerprint density at radius 2 is 1.91 bits per heavy atom. The van der Waals surface area contributed by atoms with Crippen LogP contribution in [0.15, 0.2) is 12.1 Å². The van der Waals surface area contributed by atoms with E-state index >= 15 is 0 Å². The Morgan fingerprint density at radius 3 is 2.49 bits per heavy atom. The van der Waals surface area contributed by atoms with Crippen LogP contribution in [0.1, 0.15) is 16.8 Å². The Hall–Kier alpha value is -2.59. The molecule has 1 heterocycles. The van der Waals surface area contributed by atoms with Crippen molar-refractivity contribution in [1.29, 1.82) is 0 Å². The lowest BCUT2D eigenvalue weighted by molar-refractivity contribution is -0.394. The second-order valence-corrected chi connectivity index (χ2v) is 9.63. The molecule has 1 fully saturated rings. The van der Waals surface area contributed by atoms with E-state index in [1.54, 1.807) is 0 Å². The molecule has 0 unspecified atom stereocenters. The summed E-state index contributed by atoms with van der Waals surface area (Å²) in [5.74, 6) is -0.943. The summed E-state index contributed by atoms with van der Waals surface area (Å²) in [7, 11) is -3.76. The van der Waals surface area contributed by atoms with Gasteiger partial charge in [-0.05, 0) is 19.0 Å². The van der Waals surface area contributed by atoms with Gasteiger partial charge in [-0.1, -0.05) is 0 Å². The number of benzene rings is 1. The lowest BCUT2D eigenvalue weighted by atomic mass is 10.1. The fraction of sp³-hybridized carbons (Fsp3) is 0.632. The van der Waals surface area contributed by atoms with Gasteiger partial charge in [-0.15, -0.1) is 11.6 Å². The maximum atomic E-state index is 12.9. The van der Waals surface area contributed by atoms with E-state index in [4.69, 9.17) is 20.5 Å². The number of amides is 1. The number of nitrogens with one attached hydrogen (secondary N) is 1. The average molecular weight is 538 g/mol. The maximum absolute atomic E-state index is 12.9. The standard InChI is InChI=1S/C19H28ClN5O9S/c1-35(31,32)34-14-11-23(8-5-20)16-4-3-15(24(27)28)17(18(16)25(29)30)19(26)21-6-2-7-22-9-12-33-13-10-22/h3-4H,2,5-14H2,1H3,(H,21,26). The van der Waals surface area contributed by atoms with Crippen LogP contribution in [0.2, 0.25) is 0 Å². The number of nitrogens with zero attached hydrogens (tertiary/aromatic N) is 4. The first-order valence-electron chi connectivity index (χ1n) is 10.7. The van der Waals surface area contributed by atoms with Gasteiger partial charge in [0.1, 0.15) is 5.69 Å². The molecule has 1 amide bonds. The van der Waals surface area contributed by atoms with Gasteiger partial charge >= 0.3 is 5.69 Å².